The number of carbonyl (C=O) groups excluding carboxylic acids is 1. The topological polar surface area (TPSA) is 57.8 Å². The smallest absolute Gasteiger partial charge is 0.311 e. The molecule has 74 valence electrons. The standard InChI is InChI=1S/C9H18O2.H2O/c1-8(2,3)7(10)11-9(4,5)6;/h1-6H3;1H2. The van der Waals surface area contributed by atoms with Gasteiger partial charge < -0.3 is 10.2 Å². The van der Waals surface area contributed by atoms with E-state index in [2.05, 4.69) is 0 Å². The summed E-state index contributed by atoms with van der Waals surface area (Å²) in [7, 11) is 0. The van der Waals surface area contributed by atoms with Crippen molar-refractivity contribution >= 4 is 5.97 Å². The van der Waals surface area contributed by atoms with Gasteiger partial charge >= 0.3 is 5.97 Å². The summed E-state index contributed by atoms with van der Waals surface area (Å²) >= 11 is 0. The van der Waals surface area contributed by atoms with Crippen LogP contribution in [0.3, 0.4) is 0 Å². The fourth-order valence-corrected chi connectivity index (χ4v) is 0.431. The largest absolute Gasteiger partial charge is 0.460 e. The highest BCUT2D eigenvalue weighted by molar-refractivity contribution is 5.75. The molecule has 0 spiro atoms. The lowest BCUT2D eigenvalue weighted by atomic mass is 9.97. The SMILES string of the molecule is CC(C)(C)OC(=O)C(C)(C)C.O. The molecule has 0 bridgehead atoms. The normalized spacial score (nSPS) is 11.8. The second-order valence-corrected chi connectivity index (χ2v) is 4.75. The molecule has 0 saturated heterocycles. The first-order valence-corrected chi connectivity index (χ1v) is 3.86. The number of ether oxygens (including phenoxy) is 1. The summed E-state index contributed by atoms with van der Waals surface area (Å²) < 4.78 is 5.16. The molecule has 0 aliphatic carbocycles. The Morgan fingerprint density at radius 3 is 1.42 bits per heavy atom. The van der Waals surface area contributed by atoms with Gasteiger partial charge in [-0.05, 0) is 41.5 Å². The van der Waals surface area contributed by atoms with E-state index in [0.717, 1.165) is 0 Å². The second-order valence-electron chi connectivity index (χ2n) is 4.75. The predicted octanol–water partition coefficient (Wildman–Crippen LogP) is 1.55. The fourth-order valence-electron chi connectivity index (χ4n) is 0.431. The zero-order chi connectivity index (χ0) is 9.28. The molecular weight excluding hydrogens is 156 g/mol. The average molecular weight is 176 g/mol. The van der Waals surface area contributed by atoms with Crippen LogP contribution in [0.4, 0.5) is 0 Å². The van der Waals surface area contributed by atoms with Gasteiger partial charge in [0, 0.05) is 0 Å². The van der Waals surface area contributed by atoms with Crippen LogP contribution in [0, 0.1) is 5.41 Å². The Morgan fingerprint density at radius 2 is 1.33 bits per heavy atom. The van der Waals surface area contributed by atoms with Gasteiger partial charge in [0.05, 0.1) is 5.41 Å². The molecule has 0 aromatic rings. The summed E-state index contributed by atoms with van der Waals surface area (Å²) in [5.74, 6) is -0.148. The molecule has 0 aromatic heterocycles. The lowest BCUT2D eigenvalue weighted by Gasteiger charge is -2.25. The van der Waals surface area contributed by atoms with E-state index in [1.807, 2.05) is 41.5 Å². The molecule has 0 heterocycles. The number of hydrogen-bond donors (Lipinski definition) is 0. The molecule has 0 fully saturated rings. The third kappa shape index (κ3) is 6.16. The van der Waals surface area contributed by atoms with Crippen molar-refractivity contribution in [2.24, 2.45) is 5.41 Å². The number of carbonyl (C=O) groups is 1. The third-order valence-corrected chi connectivity index (χ3v) is 1.01. The van der Waals surface area contributed by atoms with E-state index in [9.17, 15) is 4.79 Å². The zero-order valence-corrected chi connectivity index (χ0v) is 8.82. The van der Waals surface area contributed by atoms with E-state index in [1.54, 1.807) is 0 Å². The molecule has 3 nitrogen and oxygen atoms in total. The molecule has 0 aliphatic heterocycles. The van der Waals surface area contributed by atoms with Gasteiger partial charge in [-0.2, -0.15) is 0 Å². The Balaban J connectivity index is 0. The van der Waals surface area contributed by atoms with Crippen LogP contribution < -0.4 is 0 Å². The zero-order valence-electron chi connectivity index (χ0n) is 8.82. The minimum Gasteiger partial charge on any atom is -0.460 e. The monoisotopic (exact) mass is 176 g/mol. The maximum atomic E-state index is 11.3. The van der Waals surface area contributed by atoms with Gasteiger partial charge in [-0.15, -0.1) is 0 Å². The van der Waals surface area contributed by atoms with E-state index < -0.39 is 5.41 Å². The molecule has 0 aliphatic rings. The summed E-state index contributed by atoms with van der Waals surface area (Å²) in [5, 5.41) is 0. The molecule has 0 rings (SSSR count). The first kappa shape index (κ1) is 14.0. The van der Waals surface area contributed by atoms with Crippen molar-refractivity contribution in [3.05, 3.63) is 0 Å². The van der Waals surface area contributed by atoms with E-state index >= 15 is 0 Å². The minimum atomic E-state index is -0.396. The average Bonchev–Trinajstić information content (AvgIpc) is 1.56. The van der Waals surface area contributed by atoms with Crippen molar-refractivity contribution in [2.45, 2.75) is 47.1 Å². The van der Waals surface area contributed by atoms with Crippen LogP contribution in [0.5, 0.6) is 0 Å². The Hall–Kier alpha value is -0.570. The van der Waals surface area contributed by atoms with Crippen LogP contribution in [0.25, 0.3) is 0 Å². The molecule has 3 heteroatoms. The molecule has 0 atom stereocenters. The Kier molecular flexibility index (Phi) is 4.54. The molecule has 12 heavy (non-hydrogen) atoms. The Morgan fingerprint density at radius 1 is 1.00 bits per heavy atom. The highest BCUT2D eigenvalue weighted by Crippen LogP contribution is 2.19. The number of esters is 1. The highest BCUT2D eigenvalue weighted by atomic mass is 16.6. The van der Waals surface area contributed by atoms with E-state index in [-0.39, 0.29) is 17.0 Å². The van der Waals surface area contributed by atoms with Gasteiger partial charge in [0.25, 0.3) is 0 Å². The Bertz CT molecular complexity index is 148. The quantitative estimate of drug-likeness (QED) is 0.526. The molecule has 2 N–H and O–H groups in total. The van der Waals surface area contributed by atoms with Gasteiger partial charge in [-0.3, -0.25) is 4.79 Å². The highest BCUT2D eigenvalue weighted by Gasteiger charge is 2.27. The molecule has 0 unspecified atom stereocenters. The molecule has 0 amide bonds. The van der Waals surface area contributed by atoms with Gasteiger partial charge in [0.1, 0.15) is 5.60 Å². The molecule has 0 aromatic carbocycles. The lowest BCUT2D eigenvalue weighted by molar-refractivity contribution is -0.164. The maximum Gasteiger partial charge on any atom is 0.311 e. The summed E-state index contributed by atoms with van der Waals surface area (Å²) in [4.78, 5) is 11.3. The summed E-state index contributed by atoms with van der Waals surface area (Å²) in [6, 6.07) is 0. The molecule has 0 radical (unpaired) electrons. The van der Waals surface area contributed by atoms with Crippen LogP contribution >= 0.6 is 0 Å². The summed E-state index contributed by atoms with van der Waals surface area (Å²) in [5.41, 5.74) is -0.766. The fraction of sp³-hybridized carbons (Fsp3) is 0.889. The second kappa shape index (κ2) is 3.90. The first-order valence-electron chi connectivity index (χ1n) is 3.86. The van der Waals surface area contributed by atoms with Gasteiger partial charge in [-0.1, -0.05) is 0 Å². The van der Waals surface area contributed by atoms with Crippen molar-refractivity contribution in [1.29, 1.82) is 0 Å². The maximum absolute atomic E-state index is 11.3. The van der Waals surface area contributed by atoms with Crippen molar-refractivity contribution in [3.63, 3.8) is 0 Å². The Labute approximate surface area is 74.4 Å². The van der Waals surface area contributed by atoms with E-state index in [4.69, 9.17) is 4.74 Å². The van der Waals surface area contributed by atoms with Crippen molar-refractivity contribution < 1.29 is 15.0 Å². The van der Waals surface area contributed by atoms with Gasteiger partial charge in [-0.25, -0.2) is 0 Å². The van der Waals surface area contributed by atoms with Crippen molar-refractivity contribution in [3.8, 4) is 0 Å². The van der Waals surface area contributed by atoms with Gasteiger partial charge in [0.2, 0.25) is 0 Å². The third-order valence-electron chi connectivity index (χ3n) is 1.01. The van der Waals surface area contributed by atoms with Gasteiger partial charge in [0.15, 0.2) is 0 Å². The van der Waals surface area contributed by atoms with Crippen molar-refractivity contribution in [2.75, 3.05) is 0 Å². The van der Waals surface area contributed by atoms with E-state index in [1.165, 1.54) is 0 Å². The summed E-state index contributed by atoms with van der Waals surface area (Å²) in [6.07, 6.45) is 0. The number of rotatable bonds is 0. The summed E-state index contributed by atoms with van der Waals surface area (Å²) in [6.45, 7) is 11.2. The van der Waals surface area contributed by atoms with Crippen LogP contribution in [0.2, 0.25) is 0 Å². The van der Waals surface area contributed by atoms with Crippen LogP contribution in [-0.2, 0) is 9.53 Å². The lowest BCUT2D eigenvalue weighted by Crippen LogP contribution is -2.31. The molecular formula is C9H20O3. The predicted molar refractivity (Wildman–Crippen MR) is 48.9 cm³/mol. The van der Waals surface area contributed by atoms with Crippen LogP contribution in [0.1, 0.15) is 41.5 Å². The molecule has 0 saturated carbocycles. The van der Waals surface area contributed by atoms with Crippen molar-refractivity contribution in [1.82, 2.24) is 0 Å². The minimum absolute atomic E-state index is 0. The number of hydrogen-bond acceptors (Lipinski definition) is 2. The van der Waals surface area contributed by atoms with E-state index in [0.29, 0.717) is 0 Å². The van der Waals surface area contributed by atoms with Crippen LogP contribution in [0.15, 0.2) is 0 Å². The first-order chi connectivity index (χ1) is 4.63. The van der Waals surface area contributed by atoms with Crippen LogP contribution in [-0.4, -0.2) is 17.0 Å².